The van der Waals surface area contributed by atoms with E-state index < -0.39 is 5.60 Å². The average Bonchev–Trinajstić information content (AvgIpc) is 3.49. The molecule has 176 valence electrons. The standard InChI is InChI=1S/C26H32FN3O3/c1-25(2,3)33-24(31)29-11-10-20-12-23-19(13-26(20,16-29)17-32-15-18-4-5-18)14-28-30(23)22-8-6-21(27)7-9-22/h6-9,12,14,18H,4-5,10-11,13,15-17H2,1-3H3/t26-/m1/s1. The molecule has 2 aliphatic carbocycles. The molecule has 33 heavy (non-hydrogen) atoms. The number of ether oxygens (including phenoxy) is 2. The molecule has 0 unspecified atom stereocenters. The Hall–Kier alpha value is -2.67. The van der Waals surface area contributed by atoms with E-state index in [1.54, 1.807) is 12.1 Å². The third-order valence-corrected chi connectivity index (χ3v) is 6.70. The Morgan fingerprint density at radius 1 is 1.24 bits per heavy atom. The van der Waals surface area contributed by atoms with Gasteiger partial charge in [-0.3, -0.25) is 0 Å². The van der Waals surface area contributed by atoms with Gasteiger partial charge < -0.3 is 14.4 Å². The van der Waals surface area contributed by atoms with Crippen LogP contribution >= 0.6 is 0 Å². The van der Waals surface area contributed by atoms with Gasteiger partial charge in [-0.05, 0) is 88.3 Å². The van der Waals surface area contributed by atoms with Gasteiger partial charge in [0.15, 0.2) is 0 Å². The number of hydrogen-bond donors (Lipinski definition) is 0. The molecule has 3 aliphatic rings. The predicted octanol–water partition coefficient (Wildman–Crippen LogP) is 5.00. The van der Waals surface area contributed by atoms with E-state index >= 15 is 0 Å². The van der Waals surface area contributed by atoms with Gasteiger partial charge >= 0.3 is 6.09 Å². The van der Waals surface area contributed by atoms with Crippen LogP contribution in [0, 0.1) is 17.2 Å². The summed E-state index contributed by atoms with van der Waals surface area (Å²) in [5, 5.41) is 4.61. The fourth-order valence-electron chi connectivity index (χ4n) is 4.84. The Bertz CT molecular complexity index is 1070. The lowest BCUT2D eigenvalue weighted by Crippen LogP contribution is -2.52. The zero-order chi connectivity index (χ0) is 23.2. The number of hydrogen-bond acceptors (Lipinski definition) is 4. The number of rotatable bonds is 5. The van der Waals surface area contributed by atoms with E-state index in [9.17, 15) is 9.18 Å². The molecule has 1 aliphatic heterocycles. The van der Waals surface area contributed by atoms with Gasteiger partial charge in [-0.25, -0.2) is 13.9 Å². The van der Waals surface area contributed by atoms with Crippen molar-refractivity contribution in [3.05, 3.63) is 53.1 Å². The van der Waals surface area contributed by atoms with Crippen LogP contribution in [-0.4, -0.2) is 52.7 Å². The Balaban J connectivity index is 1.44. The molecular formula is C26H32FN3O3. The van der Waals surface area contributed by atoms with Crippen LogP contribution < -0.4 is 0 Å². The summed E-state index contributed by atoms with van der Waals surface area (Å²) in [5.74, 6) is 0.416. The first kappa shape index (κ1) is 22.1. The molecule has 0 bridgehead atoms. The van der Waals surface area contributed by atoms with Gasteiger partial charge in [0, 0.05) is 25.1 Å². The average molecular weight is 454 g/mol. The van der Waals surface area contributed by atoms with Gasteiger partial charge in [0.1, 0.15) is 11.4 Å². The Morgan fingerprint density at radius 3 is 2.70 bits per heavy atom. The van der Waals surface area contributed by atoms with Crippen molar-refractivity contribution >= 4 is 12.2 Å². The molecule has 1 aromatic carbocycles. The lowest BCUT2D eigenvalue weighted by Gasteiger charge is -2.46. The van der Waals surface area contributed by atoms with Gasteiger partial charge in [-0.2, -0.15) is 5.10 Å². The quantitative estimate of drug-likeness (QED) is 0.639. The van der Waals surface area contributed by atoms with Crippen molar-refractivity contribution in [3.8, 4) is 5.69 Å². The van der Waals surface area contributed by atoms with Crippen LogP contribution in [0.1, 0.15) is 51.3 Å². The molecule has 1 aromatic heterocycles. The maximum Gasteiger partial charge on any atom is 0.410 e. The molecule has 7 heteroatoms. The summed E-state index contributed by atoms with van der Waals surface area (Å²) >= 11 is 0. The molecular weight excluding hydrogens is 421 g/mol. The number of piperidine rings is 1. The van der Waals surface area contributed by atoms with E-state index in [-0.39, 0.29) is 17.3 Å². The topological polar surface area (TPSA) is 56.6 Å². The SMILES string of the molecule is CC(C)(C)OC(=O)N1CCC2=Cc3c(cnn3-c3ccc(F)cc3)C[C@]2(COCC2CC2)C1. The van der Waals surface area contributed by atoms with Crippen molar-refractivity contribution in [2.75, 3.05) is 26.3 Å². The largest absolute Gasteiger partial charge is 0.444 e. The van der Waals surface area contributed by atoms with Gasteiger partial charge in [-0.1, -0.05) is 5.57 Å². The highest BCUT2D eigenvalue weighted by Crippen LogP contribution is 2.45. The number of fused-ring (bicyclic) bond motifs is 2. The summed E-state index contributed by atoms with van der Waals surface area (Å²) in [6.07, 6.45) is 7.83. The second kappa shape index (κ2) is 8.28. The van der Waals surface area contributed by atoms with E-state index in [2.05, 4.69) is 11.2 Å². The number of amides is 1. The third kappa shape index (κ3) is 4.69. The van der Waals surface area contributed by atoms with E-state index in [0.29, 0.717) is 25.6 Å². The van der Waals surface area contributed by atoms with E-state index in [0.717, 1.165) is 36.4 Å². The van der Waals surface area contributed by atoms with Crippen LogP contribution in [0.2, 0.25) is 0 Å². The first-order chi connectivity index (χ1) is 15.7. The molecule has 2 fully saturated rings. The van der Waals surface area contributed by atoms with Crippen LogP contribution in [0.5, 0.6) is 0 Å². The number of nitrogens with zero attached hydrogens (tertiary/aromatic N) is 3. The molecule has 0 spiro atoms. The van der Waals surface area contributed by atoms with Crippen LogP contribution in [0.15, 0.2) is 36.0 Å². The molecule has 2 aromatic rings. The highest BCUT2D eigenvalue weighted by atomic mass is 19.1. The highest BCUT2D eigenvalue weighted by Gasteiger charge is 2.45. The number of aromatic nitrogens is 2. The summed E-state index contributed by atoms with van der Waals surface area (Å²) in [6.45, 7) is 8.23. The molecule has 1 saturated carbocycles. The molecule has 2 heterocycles. The maximum absolute atomic E-state index is 13.4. The van der Waals surface area contributed by atoms with Crippen molar-refractivity contribution in [1.82, 2.24) is 14.7 Å². The Labute approximate surface area is 194 Å². The minimum Gasteiger partial charge on any atom is -0.444 e. The smallest absolute Gasteiger partial charge is 0.410 e. The molecule has 6 nitrogen and oxygen atoms in total. The van der Waals surface area contributed by atoms with E-state index in [1.807, 2.05) is 36.5 Å². The number of carbonyl (C=O) groups excluding carboxylic acids is 1. The number of carbonyl (C=O) groups is 1. The molecule has 1 amide bonds. The third-order valence-electron chi connectivity index (χ3n) is 6.70. The first-order valence-electron chi connectivity index (χ1n) is 11.8. The maximum atomic E-state index is 13.4. The Morgan fingerprint density at radius 2 is 2.00 bits per heavy atom. The fourth-order valence-corrected chi connectivity index (χ4v) is 4.84. The molecule has 0 N–H and O–H groups in total. The van der Waals surface area contributed by atoms with Crippen molar-refractivity contribution in [2.24, 2.45) is 11.3 Å². The number of likely N-dealkylation sites (tertiary alicyclic amines) is 1. The van der Waals surface area contributed by atoms with Crippen LogP contribution in [0.25, 0.3) is 11.8 Å². The molecule has 1 atom stereocenters. The fraction of sp³-hybridized carbons (Fsp3) is 0.538. The zero-order valence-electron chi connectivity index (χ0n) is 19.6. The first-order valence-corrected chi connectivity index (χ1v) is 11.8. The minimum absolute atomic E-state index is 0.264. The summed E-state index contributed by atoms with van der Waals surface area (Å²) < 4.78 is 27.2. The lowest BCUT2D eigenvalue weighted by molar-refractivity contribution is -0.00710. The number of halogens is 1. The summed E-state index contributed by atoms with van der Waals surface area (Å²) in [7, 11) is 0. The second-order valence-corrected chi connectivity index (χ2v) is 10.7. The molecule has 5 rings (SSSR count). The monoisotopic (exact) mass is 453 g/mol. The summed E-state index contributed by atoms with van der Waals surface area (Å²) in [6, 6.07) is 6.39. The van der Waals surface area contributed by atoms with Crippen molar-refractivity contribution < 1.29 is 18.7 Å². The van der Waals surface area contributed by atoms with Gasteiger partial charge in [0.05, 0.1) is 24.2 Å². The lowest BCUT2D eigenvalue weighted by atomic mass is 9.69. The number of benzene rings is 1. The summed E-state index contributed by atoms with van der Waals surface area (Å²) in [4.78, 5) is 14.7. The normalized spacial score (nSPS) is 22.4. The minimum atomic E-state index is -0.529. The molecule has 1 saturated heterocycles. The van der Waals surface area contributed by atoms with Gasteiger partial charge in [0.25, 0.3) is 0 Å². The van der Waals surface area contributed by atoms with Crippen LogP contribution in [0.3, 0.4) is 0 Å². The highest BCUT2D eigenvalue weighted by molar-refractivity contribution is 5.70. The zero-order valence-corrected chi connectivity index (χ0v) is 19.6. The van der Waals surface area contributed by atoms with Crippen LogP contribution in [0.4, 0.5) is 9.18 Å². The van der Waals surface area contributed by atoms with E-state index in [1.165, 1.54) is 30.5 Å². The summed E-state index contributed by atoms with van der Waals surface area (Å²) in [5.41, 5.74) is 3.45. The molecule has 0 radical (unpaired) electrons. The second-order valence-electron chi connectivity index (χ2n) is 10.7. The van der Waals surface area contributed by atoms with Crippen LogP contribution in [-0.2, 0) is 15.9 Å². The van der Waals surface area contributed by atoms with Gasteiger partial charge in [0.2, 0.25) is 0 Å². The van der Waals surface area contributed by atoms with Gasteiger partial charge in [-0.15, -0.1) is 0 Å². The predicted molar refractivity (Wildman–Crippen MR) is 124 cm³/mol. The van der Waals surface area contributed by atoms with Crippen molar-refractivity contribution in [2.45, 2.75) is 52.1 Å². The van der Waals surface area contributed by atoms with E-state index in [4.69, 9.17) is 9.47 Å². The van der Waals surface area contributed by atoms with Crippen molar-refractivity contribution in [1.29, 1.82) is 0 Å². The van der Waals surface area contributed by atoms with Crippen molar-refractivity contribution in [3.63, 3.8) is 0 Å². The Kier molecular flexibility index (Phi) is 5.55.